The molecule has 0 amide bonds. The third-order valence-electron chi connectivity index (χ3n) is 3.30. The number of anilines is 1. The van der Waals surface area contributed by atoms with Crippen LogP contribution in [0.25, 0.3) is 0 Å². The molecule has 0 fully saturated rings. The van der Waals surface area contributed by atoms with Crippen LogP contribution in [0.3, 0.4) is 0 Å². The molecule has 0 saturated heterocycles. The second-order valence-electron chi connectivity index (χ2n) is 5.17. The third kappa shape index (κ3) is 4.35. The first-order valence-electron chi connectivity index (χ1n) is 6.82. The quantitative estimate of drug-likeness (QED) is 0.657. The van der Waals surface area contributed by atoms with Crippen molar-refractivity contribution in [3.63, 3.8) is 0 Å². The van der Waals surface area contributed by atoms with Gasteiger partial charge in [0.25, 0.3) is 0 Å². The monoisotopic (exact) mass is 395 g/mol. The van der Waals surface area contributed by atoms with Gasteiger partial charge in [-0.2, -0.15) is 0 Å². The summed E-state index contributed by atoms with van der Waals surface area (Å²) in [6, 6.07) is 15.3. The molecular formula is C17H19Br2N. The van der Waals surface area contributed by atoms with Crippen LogP contribution in [0.15, 0.2) is 51.4 Å². The second-order valence-corrected chi connectivity index (χ2v) is 6.88. The maximum atomic E-state index is 3.59. The fourth-order valence-electron chi connectivity index (χ4n) is 2.21. The SMILES string of the molecule is Cc1cccc(CCC(C)Nc2c(Br)cccc2Br)c1. The van der Waals surface area contributed by atoms with Crippen LogP contribution >= 0.6 is 31.9 Å². The lowest BCUT2D eigenvalue weighted by molar-refractivity contribution is 0.705. The van der Waals surface area contributed by atoms with E-state index in [2.05, 4.69) is 87.4 Å². The van der Waals surface area contributed by atoms with E-state index in [9.17, 15) is 0 Å². The molecule has 1 unspecified atom stereocenters. The molecule has 0 aliphatic rings. The predicted molar refractivity (Wildman–Crippen MR) is 94.4 cm³/mol. The molecule has 0 aliphatic heterocycles. The molecule has 0 radical (unpaired) electrons. The Labute approximate surface area is 138 Å². The molecule has 0 aliphatic carbocycles. The minimum Gasteiger partial charge on any atom is -0.381 e. The van der Waals surface area contributed by atoms with Gasteiger partial charge in [-0.25, -0.2) is 0 Å². The summed E-state index contributed by atoms with van der Waals surface area (Å²) in [5.74, 6) is 0. The van der Waals surface area contributed by atoms with Gasteiger partial charge in [0, 0.05) is 15.0 Å². The highest BCUT2D eigenvalue weighted by molar-refractivity contribution is 9.11. The van der Waals surface area contributed by atoms with E-state index in [1.807, 2.05) is 6.07 Å². The van der Waals surface area contributed by atoms with Gasteiger partial charge in [-0.15, -0.1) is 0 Å². The number of rotatable bonds is 5. The highest BCUT2D eigenvalue weighted by atomic mass is 79.9. The van der Waals surface area contributed by atoms with E-state index in [4.69, 9.17) is 0 Å². The number of nitrogens with one attached hydrogen (secondary N) is 1. The first kappa shape index (κ1) is 15.6. The van der Waals surface area contributed by atoms with Crippen LogP contribution in [0, 0.1) is 6.92 Å². The molecule has 2 aromatic rings. The molecule has 0 saturated carbocycles. The van der Waals surface area contributed by atoms with Gasteiger partial charge in [0.05, 0.1) is 5.69 Å². The molecule has 1 nitrogen and oxygen atoms in total. The van der Waals surface area contributed by atoms with Crippen LogP contribution in [0.4, 0.5) is 5.69 Å². The van der Waals surface area contributed by atoms with E-state index in [-0.39, 0.29) is 0 Å². The normalized spacial score (nSPS) is 12.2. The zero-order valence-electron chi connectivity index (χ0n) is 11.8. The second kappa shape index (κ2) is 7.28. The molecule has 1 N–H and O–H groups in total. The summed E-state index contributed by atoms with van der Waals surface area (Å²) in [5, 5.41) is 3.57. The Kier molecular flexibility index (Phi) is 5.67. The molecule has 0 heterocycles. The Morgan fingerprint density at radius 1 is 1.05 bits per heavy atom. The predicted octanol–water partition coefficient (Wildman–Crippen LogP) is 5.95. The fourth-order valence-corrected chi connectivity index (χ4v) is 3.43. The first-order valence-corrected chi connectivity index (χ1v) is 8.41. The van der Waals surface area contributed by atoms with Crippen molar-refractivity contribution in [1.82, 2.24) is 0 Å². The summed E-state index contributed by atoms with van der Waals surface area (Å²) >= 11 is 7.18. The van der Waals surface area contributed by atoms with Crippen LogP contribution in [0.2, 0.25) is 0 Å². The standard InChI is InChI=1S/C17H19Br2N/c1-12-5-3-6-14(11-12)10-9-13(2)20-17-15(18)7-4-8-16(17)19/h3-8,11,13,20H,9-10H2,1-2H3. The highest BCUT2D eigenvalue weighted by Gasteiger charge is 2.08. The molecule has 2 aromatic carbocycles. The van der Waals surface area contributed by atoms with E-state index in [1.54, 1.807) is 0 Å². The molecule has 1 atom stereocenters. The average Bonchev–Trinajstić information content (AvgIpc) is 2.41. The van der Waals surface area contributed by atoms with Crippen LogP contribution in [0.1, 0.15) is 24.5 Å². The summed E-state index contributed by atoms with van der Waals surface area (Å²) in [7, 11) is 0. The zero-order valence-corrected chi connectivity index (χ0v) is 15.0. The Bertz CT molecular complexity index is 561. The summed E-state index contributed by atoms with van der Waals surface area (Å²) in [6.45, 7) is 4.37. The zero-order chi connectivity index (χ0) is 14.5. The van der Waals surface area contributed by atoms with E-state index >= 15 is 0 Å². The highest BCUT2D eigenvalue weighted by Crippen LogP contribution is 2.31. The van der Waals surface area contributed by atoms with E-state index < -0.39 is 0 Å². The number of hydrogen-bond donors (Lipinski definition) is 1. The van der Waals surface area contributed by atoms with Gasteiger partial charge >= 0.3 is 0 Å². The minimum absolute atomic E-state index is 0.422. The fraction of sp³-hybridized carbons (Fsp3) is 0.294. The Balaban J connectivity index is 1.94. The van der Waals surface area contributed by atoms with Crippen molar-refractivity contribution in [3.8, 4) is 0 Å². The molecular weight excluding hydrogens is 378 g/mol. The van der Waals surface area contributed by atoms with E-state index in [1.165, 1.54) is 11.1 Å². The molecule has 0 spiro atoms. The van der Waals surface area contributed by atoms with Gasteiger partial charge < -0.3 is 5.32 Å². The van der Waals surface area contributed by atoms with E-state index in [0.717, 1.165) is 27.5 Å². The molecule has 3 heteroatoms. The first-order chi connectivity index (χ1) is 9.56. The number of halogens is 2. The Hall–Kier alpha value is -0.800. The molecule has 20 heavy (non-hydrogen) atoms. The van der Waals surface area contributed by atoms with Crippen molar-refractivity contribution in [1.29, 1.82) is 0 Å². The number of para-hydroxylation sites is 1. The number of aryl methyl sites for hydroxylation is 2. The summed E-state index contributed by atoms with van der Waals surface area (Å²) < 4.78 is 2.18. The average molecular weight is 397 g/mol. The lowest BCUT2D eigenvalue weighted by Crippen LogP contribution is -2.16. The van der Waals surface area contributed by atoms with Gasteiger partial charge in [0.2, 0.25) is 0 Å². The molecule has 0 aromatic heterocycles. The van der Waals surface area contributed by atoms with Crippen LogP contribution in [-0.2, 0) is 6.42 Å². The number of benzene rings is 2. The van der Waals surface area contributed by atoms with Crippen molar-refractivity contribution in [2.24, 2.45) is 0 Å². The maximum Gasteiger partial charge on any atom is 0.0631 e. The lowest BCUT2D eigenvalue weighted by Gasteiger charge is -2.18. The van der Waals surface area contributed by atoms with Crippen LogP contribution in [0.5, 0.6) is 0 Å². The van der Waals surface area contributed by atoms with Crippen LogP contribution < -0.4 is 5.32 Å². The van der Waals surface area contributed by atoms with Gasteiger partial charge in [-0.1, -0.05) is 35.9 Å². The molecule has 106 valence electrons. The largest absolute Gasteiger partial charge is 0.381 e. The van der Waals surface area contributed by atoms with Gasteiger partial charge in [-0.05, 0) is 76.2 Å². The summed E-state index contributed by atoms with van der Waals surface area (Å²) in [6.07, 6.45) is 2.20. The van der Waals surface area contributed by atoms with Crippen LogP contribution in [-0.4, -0.2) is 6.04 Å². The minimum atomic E-state index is 0.422. The van der Waals surface area contributed by atoms with Gasteiger partial charge in [-0.3, -0.25) is 0 Å². The van der Waals surface area contributed by atoms with Gasteiger partial charge in [0.15, 0.2) is 0 Å². The molecule has 0 bridgehead atoms. The summed E-state index contributed by atoms with van der Waals surface area (Å²) in [5.41, 5.74) is 3.87. The van der Waals surface area contributed by atoms with Crippen molar-refractivity contribution in [3.05, 3.63) is 62.5 Å². The van der Waals surface area contributed by atoms with Crippen molar-refractivity contribution in [2.75, 3.05) is 5.32 Å². The topological polar surface area (TPSA) is 12.0 Å². The molecule has 2 rings (SSSR count). The van der Waals surface area contributed by atoms with Crippen molar-refractivity contribution >= 4 is 37.5 Å². The van der Waals surface area contributed by atoms with E-state index in [0.29, 0.717) is 6.04 Å². The van der Waals surface area contributed by atoms with Gasteiger partial charge in [0.1, 0.15) is 0 Å². The maximum absolute atomic E-state index is 3.59. The Morgan fingerprint density at radius 3 is 2.35 bits per heavy atom. The van der Waals surface area contributed by atoms with Crippen molar-refractivity contribution < 1.29 is 0 Å². The van der Waals surface area contributed by atoms with Crippen molar-refractivity contribution in [2.45, 2.75) is 32.7 Å². The Morgan fingerprint density at radius 2 is 1.70 bits per heavy atom. The third-order valence-corrected chi connectivity index (χ3v) is 4.62. The summed E-state index contributed by atoms with van der Waals surface area (Å²) in [4.78, 5) is 0. The smallest absolute Gasteiger partial charge is 0.0631 e. The lowest BCUT2D eigenvalue weighted by atomic mass is 10.0. The number of hydrogen-bond acceptors (Lipinski definition) is 1.